The van der Waals surface area contributed by atoms with Crippen LogP contribution < -0.4 is 9.47 Å². The van der Waals surface area contributed by atoms with Crippen molar-refractivity contribution in [1.29, 1.82) is 0 Å². The monoisotopic (exact) mass is 442 g/mol. The molecule has 0 radical (unpaired) electrons. The van der Waals surface area contributed by atoms with Crippen LogP contribution in [0.2, 0.25) is 0 Å². The van der Waals surface area contributed by atoms with E-state index in [9.17, 15) is 18.3 Å². The first-order chi connectivity index (χ1) is 14.8. The van der Waals surface area contributed by atoms with Gasteiger partial charge in [-0.1, -0.05) is 30.3 Å². The third-order valence-electron chi connectivity index (χ3n) is 5.27. The number of fused-ring (bicyclic) bond motifs is 1. The van der Waals surface area contributed by atoms with Crippen LogP contribution in [-0.4, -0.2) is 60.8 Å². The topological polar surface area (TPSA) is 106 Å². The van der Waals surface area contributed by atoms with E-state index < -0.39 is 28.1 Å². The molecule has 1 saturated heterocycles. The van der Waals surface area contributed by atoms with Gasteiger partial charge in [0.15, 0.2) is 0 Å². The number of carboxylic acids is 1. The number of nitrogens with zero attached hydrogens (tertiary/aromatic N) is 2. The van der Waals surface area contributed by atoms with E-state index in [0.29, 0.717) is 22.7 Å². The van der Waals surface area contributed by atoms with Crippen LogP contribution in [0.25, 0.3) is 22.2 Å². The number of aliphatic carboxylic acids is 1. The summed E-state index contributed by atoms with van der Waals surface area (Å²) in [5.41, 5.74) is 2.23. The van der Waals surface area contributed by atoms with Crippen LogP contribution in [-0.2, 0) is 14.8 Å². The van der Waals surface area contributed by atoms with Crippen LogP contribution in [0.4, 0.5) is 0 Å². The van der Waals surface area contributed by atoms with Crippen molar-refractivity contribution in [3.63, 3.8) is 0 Å². The molecule has 9 heteroatoms. The van der Waals surface area contributed by atoms with Gasteiger partial charge in [-0.15, -0.1) is 0 Å². The zero-order valence-electron chi connectivity index (χ0n) is 17.1. The molecule has 1 fully saturated rings. The first kappa shape index (κ1) is 21.1. The Labute approximate surface area is 180 Å². The Balaban J connectivity index is 1.75. The van der Waals surface area contributed by atoms with Gasteiger partial charge in [0.1, 0.15) is 23.6 Å². The second-order valence-corrected chi connectivity index (χ2v) is 9.35. The number of carbonyl (C=O) groups is 1. The van der Waals surface area contributed by atoms with Crippen molar-refractivity contribution >= 4 is 26.9 Å². The van der Waals surface area contributed by atoms with E-state index in [2.05, 4.69) is 0 Å². The van der Waals surface area contributed by atoms with Crippen LogP contribution in [0.5, 0.6) is 11.5 Å². The molecule has 2 heterocycles. The van der Waals surface area contributed by atoms with E-state index in [-0.39, 0.29) is 13.0 Å². The molecule has 0 bridgehead atoms. The van der Waals surface area contributed by atoms with Gasteiger partial charge in [0, 0.05) is 29.5 Å². The van der Waals surface area contributed by atoms with Gasteiger partial charge in [-0.2, -0.15) is 4.31 Å². The van der Waals surface area contributed by atoms with Crippen LogP contribution in [0.15, 0.2) is 54.6 Å². The van der Waals surface area contributed by atoms with E-state index in [1.807, 2.05) is 36.4 Å². The van der Waals surface area contributed by atoms with Gasteiger partial charge in [-0.05, 0) is 12.1 Å². The number of carboxylic acid groups (broad SMARTS) is 1. The molecule has 1 aromatic heterocycles. The molecule has 2 atom stereocenters. The Bertz CT molecular complexity index is 1230. The summed E-state index contributed by atoms with van der Waals surface area (Å²) < 4.78 is 36.6. The lowest BCUT2D eigenvalue weighted by molar-refractivity contribution is -0.140. The molecular formula is C22H22N2O6S. The van der Waals surface area contributed by atoms with Gasteiger partial charge in [0.25, 0.3) is 0 Å². The third kappa shape index (κ3) is 4.33. The number of aromatic nitrogens is 1. The Kier molecular flexibility index (Phi) is 5.55. The number of methoxy groups -OCH3 is 1. The molecular weight excluding hydrogens is 420 g/mol. The lowest BCUT2D eigenvalue weighted by atomic mass is 10.1. The summed E-state index contributed by atoms with van der Waals surface area (Å²) in [6.07, 6.45) is 0.461. The minimum absolute atomic E-state index is 0.0313. The Morgan fingerprint density at radius 2 is 1.90 bits per heavy atom. The maximum absolute atomic E-state index is 12.1. The van der Waals surface area contributed by atoms with E-state index in [1.165, 1.54) is 0 Å². The molecule has 0 spiro atoms. The maximum atomic E-state index is 12.1. The fourth-order valence-electron chi connectivity index (χ4n) is 3.78. The second-order valence-electron chi connectivity index (χ2n) is 7.42. The molecule has 1 N–H and O–H groups in total. The molecule has 8 nitrogen and oxygen atoms in total. The van der Waals surface area contributed by atoms with E-state index >= 15 is 0 Å². The largest absolute Gasteiger partial charge is 0.497 e. The summed E-state index contributed by atoms with van der Waals surface area (Å²) in [5, 5.41) is 10.2. The Morgan fingerprint density at radius 1 is 1.16 bits per heavy atom. The van der Waals surface area contributed by atoms with Crippen LogP contribution in [0.1, 0.15) is 6.42 Å². The van der Waals surface area contributed by atoms with Crippen LogP contribution in [0, 0.1) is 0 Å². The van der Waals surface area contributed by atoms with E-state index in [1.54, 1.807) is 25.3 Å². The second kappa shape index (κ2) is 8.16. The summed E-state index contributed by atoms with van der Waals surface area (Å²) in [4.78, 5) is 16.3. The zero-order chi connectivity index (χ0) is 22.2. The number of sulfonamides is 1. The number of pyridine rings is 1. The molecule has 0 saturated carbocycles. The van der Waals surface area contributed by atoms with Gasteiger partial charge >= 0.3 is 5.97 Å². The highest BCUT2D eigenvalue weighted by molar-refractivity contribution is 7.88. The van der Waals surface area contributed by atoms with Crippen molar-refractivity contribution in [3.05, 3.63) is 54.6 Å². The van der Waals surface area contributed by atoms with Gasteiger partial charge < -0.3 is 14.6 Å². The summed E-state index contributed by atoms with van der Waals surface area (Å²) in [6, 6.07) is 15.6. The molecule has 1 aliphatic heterocycles. The third-order valence-corrected chi connectivity index (χ3v) is 6.53. The number of hydrogen-bond donors (Lipinski definition) is 1. The number of hydrogen-bond acceptors (Lipinski definition) is 6. The first-order valence-corrected chi connectivity index (χ1v) is 11.5. The lowest BCUT2D eigenvalue weighted by Gasteiger charge is -2.18. The number of benzene rings is 2. The highest BCUT2D eigenvalue weighted by Gasteiger charge is 2.43. The SMILES string of the molecule is COc1ccc2c(OC3CC(C(=O)O)N(S(C)(=O)=O)C3)cc(-c3ccccc3)nc2c1. The zero-order valence-corrected chi connectivity index (χ0v) is 17.9. The summed E-state index contributed by atoms with van der Waals surface area (Å²) >= 11 is 0. The quantitative estimate of drug-likeness (QED) is 0.626. The van der Waals surface area contributed by atoms with E-state index in [0.717, 1.165) is 21.5 Å². The highest BCUT2D eigenvalue weighted by Crippen LogP contribution is 2.34. The summed E-state index contributed by atoms with van der Waals surface area (Å²) in [6.45, 7) is -0.0313. The Morgan fingerprint density at radius 3 is 2.52 bits per heavy atom. The van der Waals surface area contributed by atoms with Gasteiger partial charge in [0.2, 0.25) is 10.0 Å². The number of rotatable bonds is 6. The molecule has 2 unspecified atom stereocenters. The predicted molar refractivity (Wildman–Crippen MR) is 116 cm³/mol. The summed E-state index contributed by atoms with van der Waals surface area (Å²) in [7, 11) is -2.11. The number of ether oxygens (including phenoxy) is 2. The normalized spacial score (nSPS) is 19.4. The summed E-state index contributed by atoms with van der Waals surface area (Å²) in [5.74, 6) is -0.0342. The van der Waals surface area contributed by atoms with Crippen LogP contribution in [0.3, 0.4) is 0 Å². The van der Waals surface area contributed by atoms with Crippen LogP contribution >= 0.6 is 0 Å². The average molecular weight is 442 g/mol. The standard InChI is InChI=1S/C22H22N2O6S/c1-29-15-8-9-17-19(10-15)23-18(14-6-4-3-5-7-14)12-21(17)30-16-11-20(22(25)26)24(13-16)31(2,27)28/h3-10,12,16,20H,11,13H2,1-2H3,(H,25,26). The average Bonchev–Trinajstić information content (AvgIpc) is 3.18. The van der Waals surface area contributed by atoms with Crippen molar-refractivity contribution < 1.29 is 27.8 Å². The van der Waals surface area contributed by atoms with Gasteiger partial charge in [-0.25, -0.2) is 13.4 Å². The maximum Gasteiger partial charge on any atom is 0.322 e. The fraction of sp³-hybridized carbons (Fsp3) is 0.273. The lowest BCUT2D eigenvalue weighted by Crippen LogP contribution is -2.39. The molecule has 0 amide bonds. The molecule has 2 aromatic carbocycles. The van der Waals surface area contributed by atoms with Crippen molar-refractivity contribution in [2.24, 2.45) is 0 Å². The van der Waals surface area contributed by atoms with E-state index in [4.69, 9.17) is 14.5 Å². The molecule has 31 heavy (non-hydrogen) atoms. The van der Waals surface area contributed by atoms with Crippen molar-refractivity contribution in [3.8, 4) is 22.8 Å². The van der Waals surface area contributed by atoms with Crippen molar-refractivity contribution in [1.82, 2.24) is 9.29 Å². The molecule has 3 aromatic rings. The Hall–Kier alpha value is -3.17. The molecule has 162 valence electrons. The van der Waals surface area contributed by atoms with Gasteiger partial charge in [-0.3, -0.25) is 4.79 Å². The minimum Gasteiger partial charge on any atom is -0.497 e. The fourth-order valence-corrected chi connectivity index (χ4v) is 4.86. The molecule has 4 rings (SSSR count). The van der Waals surface area contributed by atoms with Gasteiger partial charge in [0.05, 0.1) is 31.1 Å². The smallest absolute Gasteiger partial charge is 0.322 e. The minimum atomic E-state index is -3.68. The first-order valence-electron chi connectivity index (χ1n) is 9.67. The highest BCUT2D eigenvalue weighted by atomic mass is 32.2. The van der Waals surface area contributed by atoms with Crippen molar-refractivity contribution in [2.45, 2.75) is 18.6 Å². The van der Waals surface area contributed by atoms with Crippen molar-refractivity contribution in [2.75, 3.05) is 19.9 Å². The molecule has 1 aliphatic rings. The molecule has 0 aliphatic carbocycles. The predicted octanol–water partition coefficient (Wildman–Crippen LogP) is 2.78.